The van der Waals surface area contributed by atoms with Crippen LogP contribution < -0.4 is 9.47 Å². The van der Waals surface area contributed by atoms with Gasteiger partial charge < -0.3 is 9.47 Å². The molecule has 0 spiro atoms. The van der Waals surface area contributed by atoms with E-state index in [4.69, 9.17) is 9.47 Å². The SMILES string of the molecule is CCCCCCCCCCOc1ccc(-c2ccc(OC(=O)CCCCCCCCC)cc2)cc1. The number of hydrogen-bond acceptors (Lipinski definition) is 3. The lowest BCUT2D eigenvalue weighted by atomic mass is 10.1. The molecule has 0 aliphatic heterocycles. The first-order valence-corrected chi connectivity index (χ1v) is 14.3. The van der Waals surface area contributed by atoms with Gasteiger partial charge in [0.05, 0.1) is 6.61 Å². The summed E-state index contributed by atoms with van der Waals surface area (Å²) in [5.74, 6) is 1.41. The van der Waals surface area contributed by atoms with Gasteiger partial charge in [0.25, 0.3) is 0 Å². The Labute approximate surface area is 214 Å². The third kappa shape index (κ3) is 13.4. The molecule has 0 atom stereocenters. The number of benzene rings is 2. The average molecular weight is 481 g/mol. The monoisotopic (exact) mass is 480 g/mol. The number of hydrogen-bond donors (Lipinski definition) is 0. The lowest BCUT2D eigenvalue weighted by Crippen LogP contribution is -2.07. The van der Waals surface area contributed by atoms with E-state index in [0.29, 0.717) is 12.2 Å². The van der Waals surface area contributed by atoms with Crippen LogP contribution in [0.1, 0.15) is 117 Å². The molecule has 0 bridgehead atoms. The van der Waals surface area contributed by atoms with E-state index in [1.165, 1.54) is 77.0 Å². The molecule has 0 aliphatic rings. The number of carbonyl (C=O) groups is 1. The molecular weight excluding hydrogens is 432 g/mol. The number of ether oxygens (including phenoxy) is 2. The molecule has 0 aliphatic carbocycles. The van der Waals surface area contributed by atoms with Crippen molar-refractivity contribution in [3.63, 3.8) is 0 Å². The highest BCUT2D eigenvalue weighted by Gasteiger charge is 2.06. The fourth-order valence-electron chi connectivity index (χ4n) is 4.29. The maximum absolute atomic E-state index is 12.1. The van der Waals surface area contributed by atoms with Gasteiger partial charge in [-0.3, -0.25) is 4.79 Å². The van der Waals surface area contributed by atoms with Gasteiger partial charge in [0.1, 0.15) is 11.5 Å². The maximum Gasteiger partial charge on any atom is 0.311 e. The van der Waals surface area contributed by atoms with E-state index in [0.717, 1.165) is 42.7 Å². The Kier molecular flexibility index (Phi) is 15.7. The molecule has 2 rings (SSSR count). The van der Waals surface area contributed by atoms with E-state index in [2.05, 4.69) is 26.0 Å². The Bertz CT molecular complexity index is 779. The highest BCUT2D eigenvalue weighted by molar-refractivity contribution is 5.73. The Morgan fingerprint density at radius 2 is 0.971 bits per heavy atom. The van der Waals surface area contributed by atoms with Crippen molar-refractivity contribution in [3.05, 3.63) is 48.5 Å². The van der Waals surface area contributed by atoms with Gasteiger partial charge in [-0.2, -0.15) is 0 Å². The Morgan fingerprint density at radius 3 is 1.49 bits per heavy atom. The van der Waals surface area contributed by atoms with Crippen LogP contribution in [0.2, 0.25) is 0 Å². The minimum atomic E-state index is -0.135. The van der Waals surface area contributed by atoms with Crippen LogP contribution in [0.5, 0.6) is 11.5 Å². The zero-order valence-corrected chi connectivity index (χ0v) is 22.4. The van der Waals surface area contributed by atoms with Crippen molar-refractivity contribution < 1.29 is 14.3 Å². The molecule has 0 saturated carbocycles. The van der Waals surface area contributed by atoms with Gasteiger partial charge in [0, 0.05) is 6.42 Å². The first-order chi connectivity index (χ1) is 17.2. The molecule has 0 heterocycles. The highest BCUT2D eigenvalue weighted by Crippen LogP contribution is 2.25. The summed E-state index contributed by atoms with van der Waals surface area (Å²) < 4.78 is 11.4. The van der Waals surface area contributed by atoms with E-state index in [1.807, 2.05) is 36.4 Å². The second-order valence-corrected chi connectivity index (χ2v) is 9.72. The number of unbranched alkanes of at least 4 members (excludes halogenated alkanes) is 13. The smallest absolute Gasteiger partial charge is 0.311 e. The van der Waals surface area contributed by atoms with Crippen LogP contribution in [0.25, 0.3) is 11.1 Å². The van der Waals surface area contributed by atoms with Crippen LogP contribution in [0.3, 0.4) is 0 Å². The zero-order chi connectivity index (χ0) is 25.0. The minimum absolute atomic E-state index is 0.135. The second-order valence-electron chi connectivity index (χ2n) is 9.72. The van der Waals surface area contributed by atoms with Gasteiger partial charge >= 0.3 is 5.97 Å². The van der Waals surface area contributed by atoms with Gasteiger partial charge in [0.2, 0.25) is 0 Å². The molecular formula is C32H48O3. The third-order valence-corrected chi connectivity index (χ3v) is 6.52. The topological polar surface area (TPSA) is 35.5 Å². The van der Waals surface area contributed by atoms with Crippen LogP contribution in [0, 0.1) is 0 Å². The maximum atomic E-state index is 12.1. The van der Waals surface area contributed by atoms with Crippen molar-refractivity contribution in [2.45, 2.75) is 117 Å². The molecule has 2 aromatic carbocycles. The molecule has 35 heavy (non-hydrogen) atoms. The van der Waals surface area contributed by atoms with Crippen LogP contribution >= 0.6 is 0 Å². The van der Waals surface area contributed by atoms with Gasteiger partial charge in [0.15, 0.2) is 0 Å². The molecule has 3 nitrogen and oxygen atoms in total. The molecule has 0 aromatic heterocycles. The van der Waals surface area contributed by atoms with Crippen LogP contribution in [0.4, 0.5) is 0 Å². The van der Waals surface area contributed by atoms with Crippen molar-refractivity contribution in [1.82, 2.24) is 0 Å². The fraction of sp³-hybridized carbons (Fsp3) is 0.594. The van der Waals surface area contributed by atoms with Crippen molar-refractivity contribution in [2.75, 3.05) is 6.61 Å². The lowest BCUT2D eigenvalue weighted by molar-refractivity contribution is -0.134. The van der Waals surface area contributed by atoms with Crippen LogP contribution in [0.15, 0.2) is 48.5 Å². The van der Waals surface area contributed by atoms with Crippen molar-refractivity contribution in [3.8, 4) is 22.6 Å². The van der Waals surface area contributed by atoms with Crippen molar-refractivity contribution >= 4 is 5.97 Å². The first-order valence-electron chi connectivity index (χ1n) is 14.3. The summed E-state index contributed by atoms with van der Waals surface area (Å²) in [5.41, 5.74) is 2.23. The molecule has 3 heteroatoms. The third-order valence-electron chi connectivity index (χ3n) is 6.52. The summed E-state index contributed by atoms with van der Waals surface area (Å²) in [6.45, 7) is 5.28. The summed E-state index contributed by atoms with van der Waals surface area (Å²) >= 11 is 0. The molecule has 0 unspecified atom stereocenters. The van der Waals surface area contributed by atoms with Crippen molar-refractivity contribution in [1.29, 1.82) is 0 Å². The Balaban J connectivity index is 1.62. The normalized spacial score (nSPS) is 10.9. The molecule has 2 aromatic rings. The summed E-state index contributed by atoms with van der Waals surface area (Å²) in [6.07, 6.45) is 19.4. The van der Waals surface area contributed by atoms with Crippen molar-refractivity contribution in [2.24, 2.45) is 0 Å². The number of carbonyl (C=O) groups excluding carboxylic acids is 1. The quantitative estimate of drug-likeness (QED) is 0.107. The minimum Gasteiger partial charge on any atom is -0.494 e. The Morgan fingerprint density at radius 1 is 0.543 bits per heavy atom. The molecule has 0 radical (unpaired) electrons. The summed E-state index contributed by atoms with van der Waals surface area (Å²) in [4.78, 5) is 12.1. The van der Waals surface area contributed by atoms with E-state index in [-0.39, 0.29) is 5.97 Å². The largest absolute Gasteiger partial charge is 0.494 e. The van der Waals surface area contributed by atoms with E-state index >= 15 is 0 Å². The van der Waals surface area contributed by atoms with Gasteiger partial charge in [-0.1, -0.05) is 122 Å². The Hall–Kier alpha value is -2.29. The van der Waals surface area contributed by atoms with Crippen LogP contribution in [-0.4, -0.2) is 12.6 Å². The highest BCUT2D eigenvalue weighted by atomic mass is 16.5. The first kappa shape index (κ1) is 28.9. The molecule has 0 amide bonds. The number of esters is 1. The zero-order valence-electron chi connectivity index (χ0n) is 22.4. The predicted octanol–water partition coefficient (Wildman–Crippen LogP) is 9.92. The molecule has 0 fully saturated rings. The predicted molar refractivity (Wildman–Crippen MR) is 148 cm³/mol. The van der Waals surface area contributed by atoms with E-state index in [9.17, 15) is 4.79 Å². The van der Waals surface area contributed by atoms with E-state index in [1.54, 1.807) is 0 Å². The lowest BCUT2D eigenvalue weighted by Gasteiger charge is -2.09. The van der Waals surface area contributed by atoms with E-state index < -0.39 is 0 Å². The number of rotatable bonds is 20. The fourth-order valence-corrected chi connectivity index (χ4v) is 4.29. The molecule has 0 N–H and O–H groups in total. The van der Waals surface area contributed by atoms with Gasteiger partial charge in [-0.25, -0.2) is 0 Å². The van der Waals surface area contributed by atoms with Gasteiger partial charge in [-0.05, 0) is 48.2 Å². The summed E-state index contributed by atoms with van der Waals surface area (Å²) in [6, 6.07) is 16.0. The standard InChI is InChI=1S/C32H48O3/c1-3-5-7-9-11-13-15-17-27-34-30-23-19-28(20-24-30)29-21-25-31(26-22-29)35-32(33)18-16-14-12-10-8-6-4-2/h19-26H,3-18,27H2,1-2H3. The molecule has 0 saturated heterocycles. The second kappa shape index (κ2) is 19.0. The average Bonchev–Trinajstić information content (AvgIpc) is 2.88. The summed E-state index contributed by atoms with van der Waals surface area (Å²) in [5, 5.41) is 0. The summed E-state index contributed by atoms with van der Waals surface area (Å²) in [7, 11) is 0. The molecule has 194 valence electrons. The van der Waals surface area contributed by atoms with Gasteiger partial charge in [-0.15, -0.1) is 0 Å². The van der Waals surface area contributed by atoms with Crippen LogP contribution in [-0.2, 0) is 4.79 Å².